The highest BCUT2D eigenvalue weighted by molar-refractivity contribution is 5.22. The highest BCUT2D eigenvalue weighted by Gasteiger charge is 2.11. The number of hydrogen-bond acceptors (Lipinski definition) is 2. The van der Waals surface area contributed by atoms with Gasteiger partial charge in [-0.2, -0.15) is 0 Å². The molecule has 0 aliphatic heterocycles. The number of hydrogen-bond donors (Lipinski definition) is 1. The molecule has 1 rings (SSSR count). The molecule has 0 spiro atoms. The van der Waals surface area contributed by atoms with Crippen molar-refractivity contribution in [1.82, 2.24) is 4.90 Å². The first-order chi connectivity index (χ1) is 8.15. The molecule has 0 saturated heterocycles. The van der Waals surface area contributed by atoms with Gasteiger partial charge in [0.25, 0.3) is 6.43 Å². The smallest absolute Gasteiger partial charge is 0.251 e. The van der Waals surface area contributed by atoms with Crippen molar-refractivity contribution in [3.8, 4) is 0 Å². The zero-order chi connectivity index (χ0) is 12.7. The van der Waals surface area contributed by atoms with Crippen LogP contribution in [-0.2, 0) is 13.0 Å². The van der Waals surface area contributed by atoms with Crippen molar-refractivity contribution in [3.63, 3.8) is 0 Å². The SMILES string of the molecule is CCc1ccc(CN(CCO)CC(F)F)cc1. The van der Waals surface area contributed by atoms with Gasteiger partial charge < -0.3 is 5.11 Å². The van der Waals surface area contributed by atoms with E-state index in [1.54, 1.807) is 4.90 Å². The van der Waals surface area contributed by atoms with Crippen LogP contribution in [0.1, 0.15) is 18.1 Å². The van der Waals surface area contributed by atoms with Crippen LogP contribution in [0.2, 0.25) is 0 Å². The number of aliphatic hydroxyl groups excluding tert-OH is 1. The van der Waals surface area contributed by atoms with Crippen LogP contribution in [0.25, 0.3) is 0 Å². The van der Waals surface area contributed by atoms with Gasteiger partial charge in [0, 0.05) is 13.1 Å². The molecule has 0 amide bonds. The van der Waals surface area contributed by atoms with Gasteiger partial charge in [0.05, 0.1) is 13.2 Å². The fraction of sp³-hybridized carbons (Fsp3) is 0.538. The Labute approximate surface area is 101 Å². The molecule has 0 bridgehead atoms. The second kappa shape index (κ2) is 7.35. The minimum Gasteiger partial charge on any atom is -0.395 e. The van der Waals surface area contributed by atoms with Crippen LogP contribution in [0.4, 0.5) is 8.78 Å². The summed E-state index contributed by atoms with van der Waals surface area (Å²) in [6, 6.07) is 7.92. The second-order valence-electron chi connectivity index (χ2n) is 4.02. The first kappa shape index (κ1) is 14.1. The van der Waals surface area contributed by atoms with Gasteiger partial charge in [-0.25, -0.2) is 8.78 Å². The van der Waals surface area contributed by atoms with Crippen molar-refractivity contribution in [2.24, 2.45) is 0 Å². The fourth-order valence-electron chi connectivity index (χ4n) is 1.71. The average Bonchev–Trinajstić information content (AvgIpc) is 2.29. The summed E-state index contributed by atoms with van der Waals surface area (Å²) in [5.41, 5.74) is 2.23. The van der Waals surface area contributed by atoms with Crippen LogP contribution in [0.15, 0.2) is 24.3 Å². The van der Waals surface area contributed by atoms with Crippen LogP contribution in [0.3, 0.4) is 0 Å². The number of rotatable bonds is 7. The maximum absolute atomic E-state index is 12.3. The summed E-state index contributed by atoms with van der Waals surface area (Å²) in [6.45, 7) is 2.41. The van der Waals surface area contributed by atoms with Gasteiger partial charge in [-0.3, -0.25) is 4.90 Å². The third kappa shape index (κ3) is 5.24. The molecule has 1 N–H and O–H groups in total. The van der Waals surface area contributed by atoms with E-state index in [4.69, 9.17) is 5.11 Å². The summed E-state index contributed by atoms with van der Waals surface area (Å²) < 4.78 is 24.6. The van der Waals surface area contributed by atoms with Crippen LogP contribution in [-0.4, -0.2) is 36.1 Å². The number of aliphatic hydroxyl groups is 1. The number of benzene rings is 1. The van der Waals surface area contributed by atoms with E-state index in [-0.39, 0.29) is 19.7 Å². The van der Waals surface area contributed by atoms with Gasteiger partial charge >= 0.3 is 0 Å². The van der Waals surface area contributed by atoms with Crippen LogP contribution in [0.5, 0.6) is 0 Å². The molecule has 17 heavy (non-hydrogen) atoms. The molecule has 0 saturated carbocycles. The van der Waals surface area contributed by atoms with Crippen molar-refractivity contribution in [2.75, 3.05) is 19.7 Å². The molecule has 0 unspecified atom stereocenters. The Hall–Kier alpha value is -1.00. The Morgan fingerprint density at radius 1 is 1.18 bits per heavy atom. The molecule has 1 aromatic rings. The largest absolute Gasteiger partial charge is 0.395 e. The van der Waals surface area contributed by atoms with Gasteiger partial charge in [0.15, 0.2) is 0 Å². The monoisotopic (exact) mass is 243 g/mol. The summed E-state index contributed by atoms with van der Waals surface area (Å²) in [7, 11) is 0. The van der Waals surface area contributed by atoms with E-state index in [1.807, 2.05) is 24.3 Å². The molecule has 0 atom stereocenters. The standard InChI is InChI=1S/C13H19F2NO/c1-2-11-3-5-12(6-4-11)9-16(7-8-17)10-13(14)15/h3-6,13,17H,2,7-10H2,1H3. The maximum atomic E-state index is 12.3. The molecular formula is C13H19F2NO. The van der Waals surface area contributed by atoms with Gasteiger partial charge in [-0.15, -0.1) is 0 Å². The zero-order valence-corrected chi connectivity index (χ0v) is 10.1. The number of nitrogens with zero attached hydrogens (tertiary/aromatic N) is 1. The second-order valence-corrected chi connectivity index (χ2v) is 4.02. The third-order valence-corrected chi connectivity index (χ3v) is 2.65. The lowest BCUT2D eigenvalue weighted by atomic mass is 10.1. The summed E-state index contributed by atoms with van der Waals surface area (Å²) in [5, 5.41) is 8.82. The van der Waals surface area contributed by atoms with Gasteiger partial charge in [-0.1, -0.05) is 31.2 Å². The van der Waals surface area contributed by atoms with Crippen LogP contribution in [0, 0.1) is 0 Å². The lowest BCUT2D eigenvalue weighted by molar-refractivity contribution is 0.0746. The number of alkyl halides is 2. The first-order valence-electron chi connectivity index (χ1n) is 5.85. The van der Waals surface area contributed by atoms with E-state index in [2.05, 4.69) is 6.92 Å². The summed E-state index contributed by atoms with van der Waals surface area (Å²) in [6.07, 6.45) is -1.39. The van der Waals surface area contributed by atoms with Crippen molar-refractivity contribution < 1.29 is 13.9 Å². The van der Waals surface area contributed by atoms with Crippen molar-refractivity contribution in [2.45, 2.75) is 26.3 Å². The van der Waals surface area contributed by atoms with E-state index >= 15 is 0 Å². The molecule has 0 heterocycles. The lowest BCUT2D eigenvalue weighted by Gasteiger charge is -2.20. The summed E-state index contributed by atoms with van der Waals surface area (Å²) in [4.78, 5) is 1.56. The number of halogens is 2. The van der Waals surface area contributed by atoms with E-state index < -0.39 is 6.43 Å². The Bertz CT molecular complexity index is 314. The Morgan fingerprint density at radius 3 is 2.24 bits per heavy atom. The van der Waals surface area contributed by atoms with Crippen molar-refractivity contribution in [1.29, 1.82) is 0 Å². The van der Waals surface area contributed by atoms with E-state index in [1.165, 1.54) is 5.56 Å². The van der Waals surface area contributed by atoms with E-state index in [9.17, 15) is 8.78 Å². The summed E-state index contributed by atoms with van der Waals surface area (Å²) >= 11 is 0. The van der Waals surface area contributed by atoms with Crippen molar-refractivity contribution >= 4 is 0 Å². The molecule has 96 valence electrons. The quantitative estimate of drug-likeness (QED) is 0.794. The molecule has 1 aromatic carbocycles. The Morgan fingerprint density at radius 2 is 1.76 bits per heavy atom. The zero-order valence-electron chi connectivity index (χ0n) is 10.1. The molecule has 0 aromatic heterocycles. The highest BCUT2D eigenvalue weighted by Crippen LogP contribution is 2.09. The molecule has 0 aliphatic rings. The first-order valence-corrected chi connectivity index (χ1v) is 5.85. The molecule has 0 fully saturated rings. The lowest BCUT2D eigenvalue weighted by Crippen LogP contribution is -2.31. The van der Waals surface area contributed by atoms with Crippen LogP contribution >= 0.6 is 0 Å². The average molecular weight is 243 g/mol. The predicted molar refractivity (Wildman–Crippen MR) is 64.2 cm³/mol. The topological polar surface area (TPSA) is 23.5 Å². The summed E-state index contributed by atoms with van der Waals surface area (Å²) in [5.74, 6) is 0. The number of aryl methyl sites for hydroxylation is 1. The molecular weight excluding hydrogens is 224 g/mol. The molecule has 0 radical (unpaired) electrons. The molecule has 2 nitrogen and oxygen atoms in total. The minimum atomic E-state index is -2.36. The van der Waals surface area contributed by atoms with Crippen molar-refractivity contribution in [3.05, 3.63) is 35.4 Å². The van der Waals surface area contributed by atoms with Crippen LogP contribution < -0.4 is 0 Å². The molecule has 4 heteroatoms. The minimum absolute atomic E-state index is 0.0975. The van der Waals surface area contributed by atoms with E-state index in [0.29, 0.717) is 6.54 Å². The van der Waals surface area contributed by atoms with Gasteiger partial charge in [0.1, 0.15) is 0 Å². The maximum Gasteiger partial charge on any atom is 0.251 e. The van der Waals surface area contributed by atoms with E-state index in [0.717, 1.165) is 12.0 Å². The Balaban J connectivity index is 2.58. The Kier molecular flexibility index (Phi) is 6.08. The predicted octanol–water partition coefficient (Wildman–Crippen LogP) is 2.31. The van der Waals surface area contributed by atoms with Gasteiger partial charge in [0.2, 0.25) is 0 Å². The third-order valence-electron chi connectivity index (χ3n) is 2.65. The fourth-order valence-corrected chi connectivity index (χ4v) is 1.71. The van der Waals surface area contributed by atoms with Gasteiger partial charge in [-0.05, 0) is 17.5 Å². The normalized spacial score (nSPS) is 11.4. The molecule has 0 aliphatic carbocycles. The highest BCUT2D eigenvalue weighted by atomic mass is 19.3.